The zero-order valence-corrected chi connectivity index (χ0v) is 10.2. The van der Waals surface area contributed by atoms with E-state index in [1.807, 2.05) is 6.92 Å². The Bertz CT molecular complexity index is 469. The van der Waals surface area contributed by atoms with E-state index in [0.29, 0.717) is 5.69 Å². The Kier molecular flexibility index (Phi) is 3.87. The number of rotatable bonds is 4. The van der Waals surface area contributed by atoms with E-state index in [9.17, 15) is 8.42 Å². The Balaban J connectivity index is 3.29. The first kappa shape index (κ1) is 12.9. The van der Waals surface area contributed by atoms with Gasteiger partial charge in [0.05, 0.1) is 10.6 Å². The summed E-state index contributed by atoms with van der Waals surface area (Å²) in [7, 11) is -0.793. The van der Waals surface area contributed by atoms with Gasteiger partial charge < -0.3 is 0 Å². The molecule has 0 bridgehead atoms. The van der Waals surface area contributed by atoms with Crippen molar-refractivity contribution >= 4 is 15.8 Å². The van der Waals surface area contributed by atoms with Gasteiger partial charge in [0.25, 0.3) is 10.1 Å². The predicted molar refractivity (Wildman–Crippen MR) is 61.6 cm³/mol. The molecule has 0 atom stereocenters. The predicted octanol–water partition coefficient (Wildman–Crippen LogP) is 0.317. The molecule has 0 amide bonds. The third-order valence-corrected chi connectivity index (χ3v) is 3.02. The van der Waals surface area contributed by atoms with Crippen LogP contribution < -0.4 is 16.0 Å². The fraction of sp³-hybridized carbons (Fsp3) is 0.333. The number of hydrazine groups is 2. The maximum atomic E-state index is 11.0. The molecule has 0 aliphatic heterocycles. The minimum absolute atomic E-state index is 0.136. The largest absolute Gasteiger partial charge is 0.294 e. The first-order valence-corrected chi connectivity index (χ1v) is 6.07. The molecule has 6 nitrogen and oxygen atoms in total. The van der Waals surface area contributed by atoms with Gasteiger partial charge in [-0.2, -0.15) is 8.42 Å². The van der Waals surface area contributed by atoms with Crippen molar-refractivity contribution in [2.45, 2.75) is 11.8 Å². The van der Waals surface area contributed by atoms with Crippen LogP contribution in [0.25, 0.3) is 0 Å². The van der Waals surface area contributed by atoms with E-state index >= 15 is 0 Å². The van der Waals surface area contributed by atoms with Crippen LogP contribution in [-0.2, 0) is 10.1 Å². The molecule has 1 aromatic carbocycles. The molecular weight excluding hydrogens is 230 g/mol. The second-order valence-electron chi connectivity index (χ2n) is 3.21. The molecule has 90 valence electrons. The van der Waals surface area contributed by atoms with E-state index in [0.717, 1.165) is 5.56 Å². The van der Waals surface area contributed by atoms with Crippen LogP contribution in [0.1, 0.15) is 5.56 Å². The lowest BCUT2D eigenvalue weighted by molar-refractivity contribution is 0.483. The summed E-state index contributed by atoms with van der Waals surface area (Å²) in [5.41, 5.74) is 7.16. The van der Waals surface area contributed by atoms with Gasteiger partial charge in [-0.3, -0.25) is 4.55 Å². The Hall–Kier alpha value is -1.15. The van der Waals surface area contributed by atoms with E-state index in [-0.39, 0.29) is 4.90 Å². The maximum absolute atomic E-state index is 11.0. The van der Waals surface area contributed by atoms with E-state index < -0.39 is 10.1 Å². The van der Waals surface area contributed by atoms with Gasteiger partial charge in [-0.15, -0.1) is 0 Å². The molecule has 0 radical (unpaired) electrons. The molecule has 0 aromatic heterocycles. The summed E-state index contributed by atoms with van der Waals surface area (Å²) in [4.78, 5) is -0.136. The van der Waals surface area contributed by atoms with Crippen LogP contribution in [0.5, 0.6) is 0 Å². The standard InChI is InChI=1S/C9H15N3O3S/c1-7-4-5-8(16(13,14)15)6-9(7)12(10-2)11-3/h4-6,10-11H,1-3H3,(H,13,14,15). The van der Waals surface area contributed by atoms with Gasteiger partial charge in [0, 0.05) is 14.1 Å². The fourth-order valence-electron chi connectivity index (χ4n) is 1.34. The molecular formula is C9H15N3O3S. The average Bonchev–Trinajstić information content (AvgIpc) is 2.20. The monoisotopic (exact) mass is 245 g/mol. The van der Waals surface area contributed by atoms with Crippen molar-refractivity contribution < 1.29 is 13.0 Å². The lowest BCUT2D eigenvalue weighted by atomic mass is 10.2. The van der Waals surface area contributed by atoms with Crippen molar-refractivity contribution in [3.63, 3.8) is 0 Å². The van der Waals surface area contributed by atoms with Gasteiger partial charge >= 0.3 is 0 Å². The Morgan fingerprint density at radius 3 is 2.25 bits per heavy atom. The first-order valence-electron chi connectivity index (χ1n) is 4.63. The molecule has 16 heavy (non-hydrogen) atoms. The molecule has 0 spiro atoms. The summed E-state index contributed by atoms with van der Waals surface area (Å²) >= 11 is 0. The van der Waals surface area contributed by atoms with Crippen LogP contribution in [0.2, 0.25) is 0 Å². The number of hydrogen-bond acceptors (Lipinski definition) is 5. The quantitative estimate of drug-likeness (QED) is 0.523. The number of hydrogen-bond donors (Lipinski definition) is 3. The highest BCUT2D eigenvalue weighted by Gasteiger charge is 2.13. The van der Waals surface area contributed by atoms with Gasteiger partial charge in [0.1, 0.15) is 0 Å². The van der Waals surface area contributed by atoms with Gasteiger partial charge in [0.2, 0.25) is 0 Å². The first-order chi connectivity index (χ1) is 7.40. The molecule has 0 fully saturated rings. The molecule has 3 N–H and O–H groups in total. The summed E-state index contributed by atoms with van der Waals surface area (Å²) in [6, 6.07) is 4.37. The summed E-state index contributed by atoms with van der Waals surface area (Å²) in [6.07, 6.45) is 0. The van der Waals surface area contributed by atoms with Crippen molar-refractivity contribution in [2.24, 2.45) is 0 Å². The SMILES string of the molecule is CNN(NC)c1cc(S(=O)(=O)O)ccc1C. The van der Waals surface area contributed by atoms with Crippen LogP contribution in [0.15, 0.2) is 23.1 Å². The highest BCUT2D eigenvalue weighted by molar-refractivity contribution is 7.85. The van der Waals surface area contributed by atoms with Gasteiger partial charge in [-0.25, -0.2) is 16.0 Å². The molecule has 1 aromatic rings. The average molecular weight is 245 g/mol. The lowest BCUT2D eigenvalue weighted by Gasteiger charge is -2.23. The molecule has 0 saturated heterocycles. The molecule has 1 rings (SSSR count). The van der Waals surface area contributed by atoms with Gasteiger partial charge in [0.15, 0.2) is 0 Å². The Labute approximate surface area is 95.0 Å². The minimum atomic E-state index is -4.17. The molecule has 0 saturated carbocycles. The van der Waals surface area contributed by atoms with Crippen LogP contribution in [0.4, 0.5) is 5.69 Å². The van der Waals surface area contributed by atoms with E-state index in [4.69, 9.17) is 4.55 Å². The van der Waals surface area contributed by atoms with Crippen molar-refractivity contribution in [1.29, 1.82) is 0 Å². The van der Waals surface area contributed by atoms with E-state index in [2.05, 4.69) is 10.9 Å². The number of nitrogens with one attached hydrogen (secondary N) is 2. The molecule has 0 aliphatic rings. The Morgan fingerprint density at radius 1 is 1.25 bits per heavy atom. The summed E-state index contributed by atoms with van der Waals surface area (Å²) in [5, 5.41) is 1.55. The van der Waals surface area contributed by atoms with Crippen LogP contribution in [0.3, 0.4) is 0 Å². The fourth-order valence-corrected chi connectivity index (χ4v) is 1.84. The van der Waals surface area contributed by atoms with Gasteiger partial charge in [-0.05, 0) is 24.6 Å². The second-order valence-corrected chi connectivity index (χ2v) is 4.63. The highest BCUT2D eigenvalue weighted by Crippen LogP contribution is 2.21. The van der Waals surface area contributed by atoms with E-state index in [1.54, 1.807) is 25.3 Å². The number of benzene rings is 1. The second kappa shape index (κ2) is 4.79. The van der Waals surface area contributed by atoms with Crippen LogP contribution in [0, 0.1) is 6.92 Å². The number of nitrogens with zero attached hydrogens (tertiary/aromatic N) is 1. The molecule has 0 unspecified atom stereocenters. The van der Waals surface area contributed by atoms with Crippen molar-refractivity contribution in [3.05, 3.63) is 23.8 Å². The third kappa shape index (κ3) is 2.70. The van der Waals surface area contributed by atoms with Gasteiger partial charge in [-0.1, -0.05) is 6.07 Å². The number of anilines is 1. The van der Waals surface area contributed by atoms with Crippen LogP contribution >= 0.6 is 0 Å². The zero-order valence-electron chi connectivity index (χ0n) is 9.35. The minimum Gasteiger partial charge on any atom is -0.282 e. The van der Waals surface area contributed by atoms with Crippen molar-refractivity contribution in [2.75, 3.05) is 19.2 Å². The van der Waals surface area contributed by atoms with Crippen molar-refractivity contribution in [1.82, 2.24) is 10.9 Å². The third-order valence-electron chi connectivity index (χ3n) is 2.17. The smallest absolute Gasteiger partial charge is 0.282 e. The summed E-state index contributed by atoms with van der Waals surface area (Å²) in [5.74, 6) is 0. The molecule has 0 heterocycles. The van der Waals surface area contributed by atoms with E-state index in [1.165, 1.54) is 12.1 Å². The number of aryl methyl sites for hydroxylation is 1. The molecule has 0 aliphatic carbocycles. The Morgan fingerprint density at radius 2 is 1.81 bits per heavy atom. The van der Waals surface area contributed by atoms with Crippen molar-refractivity contribution in [3.8, 4) is 0 Å². The maximum Gasteiger partial charge on any atom is 0.294 e. The topological polar surface area (TPSA) is 81.7 Å². The van der Waals surface area contributed by atoms with Crippen LogP contribution in [-0.4, -0.2) is 27.1 Å². The zero-order chi connectivity index (χ0) is 12.3. The molecule has 7 heteroatoms. The normalized spacial score (nSPS) is 11.5. The lowest BCUT2D eigenvalue weighted by Crippen LogP contribution is -2.44. The summed E-state index contributed by atoms with van der Waals surface area (Å²) < 4.78 is 30.9. The highest BCUT2D eigenvalue weighted by atomic mass is 32.2. The summed E-state index contributed by atoms with van der Waals surface area (Å²) in [6.45, 7) is 1.84.